The van der Waals surface area contributed by atoms with Crippen molar-refractivity contribution in [2.24, 2.45) is 5.16 Å². The molecule has 0 aliphatic carbocycles. The summed E-state index contributed by atoms with van der Waals surface area (Å²) in [7, 11) is 0. The van der Waals surface area contributed by atoms with Crippen molar-refractivity contribution in [2.45, 2.75) is 0 Å². The van der Waals surface area contributed by atoms with Gasteiger partial charge < -0.3 is 10.3 Å². The van der Waals surface area contributed by atoms with Crippen molar-refractivity contribution in [3.63, 3.8) is 0 Å². The van der Waals surface area contributed by atoms with Crippen LogP contribution in [0.5, 0.6) is 0 Å². The van der Waals surface area contributed by atoms with E-state index in [1.54, 1.807) is 24.3 Å². The van der Waals surface area contributed by atoms with E-state index in [4.69, 9.17) is 10.3 Å². The Bertz CT molecular complexity index is 545. The van der Waals surface area contributed by atoms with Crippen LogP contribution < -0.4 is 0 Å². The third-order valence-electron chi connectivity index (χ3n) is 1.98. The van der Waals surface area contributed by atoms with Gasteiger partial charge in [0.25, 0.3) is 0 Å². The lowest BCUT2D eigenvalue weighted by Crippen LogP contribution is -2.01. The number of nitrogens with zero attached hydrogens (tertiary/aromatic N) is 3. The zero-order valence-electron chi connectivity index (χ0n) is 7.53. The monoisotopic (exact) mass is 205 g/mol. The molecule has 0 spiro atoms. The van der Waals surface area contributed by atoms with Crippen molar-refractivity contribution in [2.75, 3.05) is 0 Å². The van der Waals surface area contributed by atoms with E-state index in [2.05, 4.69) is 10.3 Å². The predicted octanol–water partition coefficient (Wildman–Crippen LogP) is 1.00. The molecule has 15 heavy (non-hydrogen) atoms. The maximum absolute atomic E-state index is 10.8. The lowest BCUT2D eigenvalue weighted by Gasteiger charge is -1.91. The van der Waals surface area contributed by atoms with Crippen LogP contribution in [0.1, 0.15) is 10.5 Å². The van der Waals surface area contributed by atoms with Gasteiger partial charge in [-0.2, -0.15) is 5.10 Å². The maximum atomic E-state index is 10.8. The second kappa shape index (κ2) is 3.41. The highest BCUT2D eigenvalue weighted by molar-refractivity contribution is 6.02. The van der Waals surface area contributed by atoms with Gasteiger partial charge in [0.2, 0.25) is 0 Å². The number of carboxylic acid groups (broad SMARTS) is 1. The average Bonchev–Trinajstić information content (AvgIpc) is 2.59. The summed E-state index contributed by atoms with van der Waals surface area (Å²) in [6.45, 7) is 0. The van der Waals surface area contributed by atoms with Crippen molar-refractivity contribution in [3.05, 3.63) is 30.0 Å². The van der Waals surface area contributed by atoms with Gasteiger partial charge in [-0.1, -0.05) is 23.4 Å². The van der Waals surface area contributed by atoms with Crippen LogP contribution in [0.4, 0.5) is 0 Å². The summed E-state index contributed by atoms with van der Waals surface area (Å²) < 4.78 is 1.21. The average molecular weight is 205 g/mol. The maximum Gasteiger partial charge on any atom is 0.357 e. The number of aromatic nitrogens is 2. The van der Waals surface area contributed by atoms with Crippen molar-refractivity contribution in [1.29, 1.82) is 0 Å². The Morgan fingerprint density at radius 3 is 2.87 bits per heavy atom. The zero-order valence-corrected chi connectivity index (χ0v) is 7.53. The van der Waals surface area contributed by atoms with Gasteiger partial charge in [0.05, 0.1) is 5.52 Å². The lowest BCUT2D eigenvalue weighted by atomic mass is 10.2. The van der Waals surface area contributed by atoms with E-state index >= 15 is 0 Å². The highest BCUT2D eigenvalue weighted by Gasteiger charge is 2.14. The van der Waals surface area contributed by atoms with Crippen LogP contribution in [0.15, 0.2) is 29.4 Å². The van der Waals surface area contributed by atoms with Crippen molar-refractivity contribution in [3.8, 4) is 0 Å². The van der Waals surface area contributed by atoms with E-state index in [1.165, 1.54) is 4.68 Å². The van der Waals surface area contributed by atoms with Gasteiger partial charge in [0.15, 0.2) is 12.0 Å². The summed E-state index contributed by atoms with van der Waals surface area (Å²) in [5.74, 6) is -1.11. The van der Waals surface area contributed by atoms with Gasteiger partial charge in [0.1, 0.15) is 0 Å². The molecule has 76 valence electrons. The summed E-state index contributed by atoms with van der Waals surface area (Å²) in [5.41, 5.74) is 0.512. The summed E-state index contributed by atoms with van der Waals surface area (Å²) in [5, 5.41) is 24.4. The minimum Gasteiger partial charge on any atom is -0.476 e. The summed E-state index contributed by atoms with van der Waals surface area (Å²) in [6.07, 6.45) is 1.04. The molecule has 2 aromatic rings. The molecule has 2 N–H and O–H groups in total. The van der Waals surface area contributed by atoms with E-state index < -0.39 is 5.97 Å². The minimum absolute atomic E-state index is 0.0644. The largest absolute Gasteiger partial charge is 0.476 e. The first kappa shape index (κ1) is 9.20. The van der Waals surface area contributed by atoms with Crippen LogP contribution in [0, 0.1) is 0 Å². The normalized spacial score (nSPS) is 11.2. The van der Waals surface area contributed by atoms with Crippen LogP contribution in [-0.2, 0) is 0 Å². The third kappa shape index (κ3) is 1.41. The number of oxime groups is 1. The quantitative estimate of drug-likeness (QED) is 0.331. The Hall–Kier alpha value is -2.37. The van der Waals surface area contributed by atoms with Gasteiger partial charge in [0, 0.05) is 5.39 Å². The number of benzene rings is 1. The van der Waals surface area contributed by atoms with Gasteiger partial charge in [-0.05, 0) is 6.07 Å². The Morgan fingerprint density at radius 1 is 1.47 bits per heavy atom. The van der Waals surface area contributed by atoms with E-state index in [-0.39, 0.29) is 5.69 Å². The molecule has 1 aromatic carbocycles. The molecular weight excluding hydrogens is 198 g/mol. The molecular formula is C9H7N3O3. The number of hydrogen-bond acceptors (Lipinski definition) is 4. The fraction of sp³-hybridized carbons (Fsp3) is 0. The number of para-hydroxylation sites is 1. The molecule has 6 nitrogen and oxygen atoms in total. The van der Waals surface area contributed by atoms with Crippen LogP contribution in [-0.4, -0.2) is 32.4 Å². The molecule has 1 aromatic heterocycles. The molecule has 0 amide bonds. The number of aromatic carboxylic acids is 1. The lowest BCUT2D eigenvalue weighted by molar-refractivity contribution is 0.0692. The Labute approximate surface area is 84.0 Å². The van der Waals surface area contributed by atoms with Crippen LogP contribution >= 0.6 is 0 Å². The topological polar surface area (TPSA) is 87.7 Å². The molecule has 0 aliphatic heterocycles. The second-order valence-corrected chi connectivity index (χ2v) is 2.85. The number of rotatable bonds is 2. The minimum atomic E-state index is -1.11. The summed E-state index contributed by atoms with van der Waals surface area (Å²) in [4.78, 5) is 10.8. The Balaban J connectivity index is 2.79. The molecule has 0 aliphatic rings. The van der Waals surface area contributed by atoms with Crippen molar-refractivity contribution in [1.82, 2.24) is 9.78 Å². The highest BCUT2D eigenvalue weighted by atomic mass is 16.4. The standard InChI is InChI=1S/C9H7N3O3/c13-9(14)8-6-3-1-2-4-7(6)12(11-8)5-10-15/h1-5,15H,(H,13,14). The number of fused-ring (bicyclic) bond motifs is 1. The molecule has 0 bridgehead atoms. The van der Waals surface area contributed by atoms with Gasteiger partial charge in [-0.3, -0.25) is 0 Å². The first-order chi connectivity index (χ1) is 7.24. The summed E-state index contributed by atoms with van der Waals surface area (Å²) in [6, 6.07) is 6.80. The Morgan fingerprint density at radius 2 is 2.20 bits per heavy atom. The predicted molar refractivity (Wildman–Crippen MR) is 52.4 cm³/mol. The third-order valence-corrected chi connectivity index (χ3v) is 1.98. The molecule has 2 rings (SSSR count). The van der Waals surface area contributed by atoms with E-state index in [1.807, 2.05) is 0 Å². The SMILES string of the molecule is O=C(O)c1nn(C=NO)c2ccccc12. The number of hydrogen-bond donors (Lipinski definition) is 2. The molecule has 6 heteroatoms. The number of carboxylic acids is 1. The van der Waals surface area contributed by atoms with Crippen LogP contribution in [0.25, 0.3) is 10.9 Å². The summed E-state index contributed by atoms with van der Waals surface area (Å²) >= 11 is 0. The van der Waals surface area contributed by atoms with Crippen molar-refractivity contribution < 1.29 is 15.1 Å². The molecule has 0 radical (unpaired) electrons. The van der Waals surface area contributed by atoms with Gasteiger partial charge in [-0.15, -0.1) is 0 Å². The number of carbonyl (C=O) groups is 1. The highest BCUT2D eigenvalue weighted by Crippen LogP contribution is 2.17. The molecule has 0 saturated heterocycles. The molecule has 1 heterocycles. The molecule has 0 unspecified atom stereocenters. The first-order valence-electron chi connectivity index (χ1n) is 4.12. The first-order valence-corrected chi connectivity index (χ1v) is 4.12. The fourth-order valence-corrected chi connectivity index (χ4v) is 1.38. The molecule has 0 atom stereocenters. The Kier molecular flexibility index (Phi) is 2.09. The van der Waals surface area contributed by atoms with E-state index in [9.17, 15) is 4.79 Å². The van der Waals surface area contributed by atoms with Gasteiger partial charge >= 0.3 is 5.97 Å². The van der Waals surface area contributed by atoms with E-state index in [0.717, 1.165) is 6.34 Å². The van der Waals surface area contributed by atoms with Crippen LogP contribution in [0.3, 0.4) is 0 Å². The van der Waals surface area contributed by atoms with Crippen LogP contribution in [0.2, 0.25) is 0 Å². The fourth-order valence-electron chi connectivity index (χ4n) is 1.38. The second-order valence-electron chi connectivity index (χ2n) is 2.85. The molecule has 0 fully saturated rings. The van der Waals surface area contributed by atoms with Crippen molar-refractivity contribution >= 4 is 23.2 Å². The molecule has 0 saturated carbocycles. The smallest absolute Gasteiger partial charge is 0.357 e. The van der Waals surface area contributed by atoms with Gasteiger partial charge in [-0.25, -0.2) is 9.48 Å². The zero-order chi connectivity index (χ0) is 10.8. The van der Waals surface area contributed by atoms with E-state index in [0.29, 0.717) is 10.9 Å².